The summed E-state index contributed by atoms with van der Waals surface area (Å²) in [6.45, 7) is 2.85. The first-order valence-electron chi connectivity index (χ1n) is 8.98. The molecule has 3 rings (SSSR count). The van der Waals surface area contributed by atoms with Crippen LogP contribution in [0.5, 0.6) is 0 Å². The van der Waals surface area contributed by atoms with Crippen molar-refractivity contribution in [1.29, 1.82) is 0 Å². The second kappa shape index (κ2) is 9.48. The summed E-state index contributed by atoms with van der Waals surface area (Å²) in [4.78, 5) is 0. The van der Waals surface area contributed by atoms with Gasteiger partial charge >= 0.3 is 0 Å². The van der Waals surface area contributed by atoms with Crippen LogP contribution in [-0.4, -0.2) is 17.7 Å². The van der Waals surface area contributed by atoms with Crippen LogP contribution in [0.15, 0.2) is 77.5 Å². The highest BCUT2D eigenvalue weighted by atomic mass is 32.1. The van der Waals surface area contributed by atoms with Gasteiger partial charge in [0, 0.05) is 6.04 Å². The summed E-state index contributed by atoms with van der Waals surface area (Å²) in [5.74, 6) is 0. The van der Waals surface area contributed by atoms with Gasteiger partial charge in [-0.05, 0) is 59.0 Å². The van der Waals surface area contributed by atoms with Crippen molar-refractivity contribution in [3.05, 3.63) is 94.2 Å². The van der Waals surface area contributed by atoms with Gasteiger partial charge in [0.05, 0.1) is 6.10 Å². The summed E-state index contributed by atoms with van der Waals surface area (Å²) in [5, 5.41) is 18.3. The summed E-state index contributed by atoms with van der Waals surface area (Å²) >= 11 is 1.72. The third kappa shape index (κ3) is 5.15. The Morgan fingerprint density at radius 1 is 1.04 bits per heavy atom. The number of hydrogen-bond acceptors (Lipinski definition) is 3. The lowest BCUT2D eigenvalue weighted by atomic mass is 10.0. The lowest BCUT2D eigenvalue weighted by molar-refractivity contribution is 0.136. The van der Waals surface area contributed by atoms with Crippen molar-refractivity contribution in [3.8, 4) is 0 Å². The van der Waals surface area contributed by atoms with E-state index in [2.05, 4.69) is 52.5 Å². The number of benzene rings is 2. The highest BCUT2D eigenvalue weighted by Crippen LogP contribution is 2.24. The molecule has 134 valence electrons. The number of aliphatic hydroxyl groups is 1. The molecule has 0 spiro atoms. The molecule has 0 bridgehead atoms. The standard InChI is InChI=1S/C23H25NOS/c1-18(23(25)20-10-6-3-7-11-20)24-14-12-21(22-13-15-26-17-22)16-19-8-4-2-5-9-19/h2-11,13,15-18,23-25H,12,14H2,1H3/b21-16+. The Morgan fingerprint density at radius 3 is 2.38 bits per heavy atom. The van der Waals surface area contributed by atoms with Crippen LogP contribution in [0.4, 0.5) is 0 Å². The van der Waals surface area contributed by atoms with Gasteiger partial charge in [0.2, 0.25) is 0 Å². The SMILES string of the molecule is CC(NCC/C(=C\c1ccccc1)c1ccsc1)C(O)c1ccccc1. The third-order valence-electron chi connectivity index (χ3n) is 4.51. The summed E-state index contributed by atoms with van der Waals surface area (Å²) in [6.07, 6.45) is 2.67. The Labute approximate surface area is 159 Å². The first-order valence-corrected chi connectivity index (χ1v) is 9.93. The topological polar surface area (TPSA) is 32.3 Å². The van der Waals surface area contributed by atoms with Crippen LogP contribution in [0, 0.1) is 0 Å². The molecule has 0 radical (unpaired) electrons. The van der Waals surface area contributed by atoms with E-state index in [4.69, 9.17) is 0 Å². The fourth-order valence-electron chi connectivity index (χ4n) is 2.98. The minimum atomic E-state index is -0.501. The molecule has 2 aromatic carbocycles. The number of thiophene rings is 1. The lowest BCUT2D eigenvalue weighted by Crippen LogP contribution is -2.33. The minimum absolute atomic E-state index is 0.00199. The zero-order valence-electron chi connectivity index (χ0n) is 15.0. The molecule has 1 heterocycles. The maximum Gasteiger partial charge on any atom is 0.0940 e. The number of nitrogens with one attached hydrogen (secondary N) is 1. The van der Waals surface area contributed by atoms with Crippen molar-refractivity contribution < 1.29 is 5.11 Å². The predicted octanol–water partition coefficient (Wildman–Crippen LogP) is 5.39. The van der Waals surface area contributed by atoms with Gasteiger partial charge in [0.25, 0.3) is 0 Å². The van der Waals surface area contributed by atoms with E-state index in [-0.39, 0.29) is 6.04 Å². The van der Waals surface area contributed by atoms with Crippen LogP contribution in [0.1, 0.15) is 36.1 Å². The highest BCUT2D eigenvalue weighted by Gasteiger charge is 2.15. The smallest absolute Gasteiger partial charge is 0.0940 e. The molecule has 0 aliphatic heterocycles. The fraction of sp³-hybridized carbons (Fsp3) is 0.217. The Morgan fingerprint density at radius 2 is 1.73 bits per heavy atom. The van der Waals surface area contributed by atoms with Crippen LogP contribution < -0.4 is 5.32 Å². The number of hydrogen-bond donors (Lipinski definition) is 2. The summed E-state index contributed by atoms with van der Waals surface area (Å²) in [7, 11) is 0. The zero-order chi connectivity index (χ0) is 18.2. The van der Waals surface area contributed by atoms with Gasteiger partial charge < -0.3 is 10.4 Å². The monoisotopic (exact) mass is 363 g/mol. The molecule has 0 amide bonds. The maximum atomic E-state index is 10.5. The number of rotatable bonds is 8. The van der Waals surface area contributed by atoms with Crippen molar-refractivity contribution in [2.24, 2.45) is 0 Å². The van der Waals surface area contributed by atoms with Crippen molar-refractivity contribution in [2.45, 2.75) is 25.5 Å². The molecule has 0 aliphatic carbocycles. The highest BCUT2D eigenvalue weighted by molar-refractivity contribution is 7.08. The van der Waals surface area contributed by atoms with Gasteiger partial charge in [0.1, 0.15) is 0 Å². The molecule has 1 aromatic heterocycles. The van der Waals surface area contributed by atoms with Crippen molar-refractivity contribution in [2.75, 3.05) is 6.54 Å². The van der Waals surface area contributed by atoms with Gasteiger partial charge in [-0.3, -0.25) is 0 Å². The van der Waals surface area contributed by atoms with Crippen LogP contribution in [0.25, 0.3) is 11.6 Å². The maximum absolute atomic E-state index is 10.5. The molecular weight excluding hydrogens is 338 g/mol. The average molecular weight is 364 g/mol. The van der Waals surface area contributed by atoms with Gasteiger partial charge in [0.15, 0.2) is 0 Å². The van der Waals surface area contributed by atoms with E-state index in [9.17, 15) is 5.11 Å². The molecule has 0 fully saturated rings. The molecule has 3 aromatic rings. The van der Waals surface area contributed by atoms with E-state index >= 15 is 0 Å². The Balaban J connectivity index is 1.62. The quantitative estimate of drug-likeness (QED) is 0.562. The molecule has 3 heteroatoms. The fourth-order valence-corrected chi connectivity index (χ4v) is 3.66. The minimum Gasteiger partial charge on any atom is -0.387 e. The molecule has 2 nitrogen and oxygen atoms in total. The van der Waals surface area contributed by atoms with E-state index in [0.29, 0.717) is 0 Å². The van der Waals surface area contributed by atoms with Gasteiger partial charge in [-0.1, -0.05) is 66.7 Å². The van der Waals surface area contributed by atoms with E-state index in [1.54, 1.807) is 11.3 Å². The Bertz CT molecular complexity index is 797. The van der Waals surface area contributed by atoms with Crippen LogP contribution in [-0.2, 0) is 0 Å². The van der Waals surface area contributed by atoms with Crippen molar-refractivity contribution >= 4 is 23.0 Å². The molecule has 2 atom stereocenters. The molecule has 0 saturated heterocycles. The first kappa shape index (κ1) is 18.6. The van der Waals surface area contributed by atoms with E-state index in [1.165, 1.54) is 16.7 Å². The van der Waals surface area contributed by atoms with Gasteiger partial charge in [-0.15, -0.1) is 0 Å². The van der Waals surface area contributed by atoms with Crippen LogP contribution in [0.2, 0.25) is 0 Å². The zero-order valence-corrected chi connectivity index (χ0v) is 15.8. The molecule has 2 N–H and O–H groups in total. The summed E-state index contributed by atoms with van der Waals surface area (Å²) < 4.78 is 0. The van der Waals surface area contributed by atoms with Gasteiger partial charge in [-0.25, -0.2) is 0 Å². The first-order chi connectivity index (χ1) is 12.7. The van der Waals surface area contributed by atoms with E-state index < -0.39 is 6.10 Å². The van der Waals surface area contributed by atoms with Crippen molar-refractivity contribution in [1.82, 2.24) is 5.32 Å². The van der Waals surface area contributed by atoms with E-state index in [1.807, 2.05) is 43.3 Å². The van der Waals surface area contributed by atoms with Crippen LogP contribution >= 0.6 is 11.3 Å². The summed E-state index contributed by atoms with van der Waals surface area (Å²) in [6, 6.07) is 22.4. The third-order valence-corrected chi connectivity index (χ3v) is 5.19. The Hall–Kier alpha value is -2.20. The second-order valence-corrected chi connectivity index (χ2v) is 7.22. The summed E-state index contributed by atoms with van der Waals surface area (Å²) in [5.41, 5.74) is 4.75. The average Bonchev–Trinajstić information content (AvgIpc) is 3.23. The Kier molecular flexibility index (Phi) is 6.78. The number of aliphatic hydroxyl groups excluding tert-OH is 1. The predicted molar refractivity (Wildman–Crippen MR) is 112 cm³/mol. The molecule has 2 unspecified atom stereocenters. The molecule has 0 saturated carbocycles. The molecular formula is C23H25NOS. The van der Waals surface area contributed by atoms with Crippen molar-refractivity contribution in [3.63, 3.8) is 0 Å². The van der Waals surface area contributed by atoms with Gasteiger partial charge in [-0.2, -0.15) is 11.3 Å². The van der Waals surface area contributed by atoms with Crippen LogP contribution in [0.3, 0.4) is 0 Å². The molecule has 0 aliphatic rings. The normalized spacial score (nSPS) is 14.2. The largest absolute Gasteiger partial charge is 0.387 e. The van der Waals surface area contributed by atoms with E-state index in [0.717, 1.165) is 18.5 Å². The second-order valence-electron chi connectivity index (χ2n) is 6.44. The lowest BCUT2D eigenvalue weighted by Gasteiger charge is -2.21. The molecule has 26 heavy (non-hydrogen) atoms.